The van der Waals surface area contributed by atoms with Gasteiger partial charge in [0.05, 0.1) is 22.3 Å². The molecule has 0 unspecified atom stereocenters. The minimum atomic E-state index is -0.436. The van der Waals surface area contributed by atoms with Crippen molar-refractivity contribution in [2.75, 3.05) is 5.32 Å². The minimum absolute atomic E-state index is 0.0141. The first kappa shape index (κ1) is 21.1. The second-order valence-electron chi connectivity index (χ2n) is 7.35. The normalized spacial score (nSPS) is 13.6. The van der Waals surface area contributed by atoms with E-state index in [1.54, 1.807) is 27.6 Å². The van der Waals surface area contributed by atoms with Gasteiger partial charge in [-0.3, -0.25) is 14.2 Å². The fourth-order valence-corrected chi connectivity index (χ4v) is 4.05. The van der Waals surface area contributed by atoms with Gasteiger partial charge in [0.15, 0.2) is 5.16 Å². The first-order valence-electron chi connectivity index (χ1n) is 9.85. The van der Waals surface area contributed by atoms with Crippen LogP contribution in [0.3, 0.4) is 0 Å². The van der Waals surface area contributed by atoms with Crippen LogP contribution in [-0.2, 0) is 4.79 Å². The Hall–Kier alpha value is -2.61. The van der Waals surface area contributed by atoms with E-state index < -0.39 is 5.25 Å². The van der Waals surface area contributed by atoms with E-state index in [0.717, 1.165) is 6.42 Å². The van der Waals surface area contributed by atoms with Crippen LogP contribution in [0, 0.1) is 0 Å². The highest BCUT2D eigenvalue weighted by Gasteiger charge is 2.22. The lowest BCUT2D eigenvalue weighted by molar-refractivity contribution is -0.115. The van der Waals surface area contributed by atoms with E-state index in [4.69, 9.17) is 4.98 Å². The molecule has 0 fully saturated rings. The fourth-order valence-electron chi connectivity index (χ4n) is 3.04. The van der Waals surface area contributed by atoms with Crippen LogP contribution in [-0.4, -0.2) is 30.5 Å². The minimum Gasteiger partial charge on any atom is -0.310 e. The molecule has 7 nitrogen and oxygen atoms in total. The van der Waals surface area contributed by atoms with Crippen molar-refractivity contribution >= 4 is 34.4 Å². The summed E-state index contributed by atoms with van der Waals surface area (Å²) in [6, 6.07) is 9.22. The van der Waals surface area contributed by atoms with Gasteiger partial charge in [-0.2, -0.15) is 5.10 Å². The van der Waals surface area contributed by atoms with Gasteiger partial charge in [0.25, 0.3) is 5.56 Å². The summed E-state index contributed by atoms with van der Waals surface area (Å²) in [5, 5.41) is 7.89. The molecule has 1 N–H and O–H groups in total. The zero-order chi connectivity index (χ0) is 21.1. The molecule has 0 spiro atoms. The van der Waals surface area contributed by atoms with Crippen molar-refractivity contribution < 1.29 is 4.79 Å². The topological polar surface area (TPSA) is 81.8 Å². The van der Waals surface area contributed by atoms with Crippen molar-refractivity contribution in [1.82, 2.24) is 19.3 Å². The molecule has 2 aromatic heterocycles. The molecule has 0 aliphatic rings. The molecule has 0 radical (unpaired) electrons. The van der Waals surface area contributed by atoms with Crippen molar-refractivity contribution in [1.29, 1.82) is 0 Å². The van der Waals surface area contributed by atoms with Gasteiger partial charge in [-0.05, 0) is 46.2 Å². The predicted octanol–water partition coefficient (Wildman–Crippen LogP) is 4.26. The number of carbonyl (C=O) groups is 1. The number of carbonyl (C=O) groups excluding carboxylic acids is 1. The van der Waals surface area contributed by atoms with E-state index in [9.17, 15) is 9.59 Å². The van der Waals surface area contributed by atoms with E-state index in [1.807, 2.05) is 52.8 Å². The van der Waals surface area contributed by atoms with Crippen LogP contribution in [0.25, 0.3) is 10.9 Å². The molecular formula is C21H27N5O2S. The van der Waals surface area contributed by atoms with Gasteiger partial charge in [0.1, 0.15) is 5.82 Å². The average molecular weight is 414 g/mol. The number of benzene rings is 1. The molecule has 0 bridgehead atoms. The smallest absolute Gasteiger partial charge is 0.262 e. The number of hydrogen-bond donors (Lipinski definition) is 1. The van der Waals surface area contributed by atoms with Gasteiger partial charge >= 0.3 is 0 Å². The number of nitrogens with zero attached hydrogens (tertiary/aromatic N) is 4. The Morgan fingerprint density at radius 2 is 1.90 bits per heavy atom. The zero-order valence-corrected chi connectivity index (χ0v) is 18.2. The van der Waals surface area contributed by atoms with Crippen molar-refractivity contribution in [3.05, 3.63) is 46.9 Å². The third-order valence-corrected chi connectivity index (χ3v) is 5.94. The quantitative estimate of drug-likeness (QED) is 0.462. The number of amides is 1. The maximum Gasteiger partial charge on any atom is 0.262 e. The molecule has 2 atom stereocenters. The van der Waals surface area contributed by atoms with Crippen LogP contribution in [0.4, 0.5) is 5.82 Å². The number of fused-ring (bicyclic) bond motifs is 1. The second kappa shape index (κ2) is 8.82. The number of aromatic nitrogens is 4. The third kappa shape index (κ3) is 4.37. The largest absolute Gasteiger partial charge is 0.310 e. The highest BCUT2D eigenvalue weighted by molar-refractivity contribution is 8.00. The molecule has 0 aliphatic carbocycles. The Morgan fingerprint density at radius 1 is 1.17 bits per heavy atom. The molecule has 1 amide bonds. The molecule has 0 saturated carbocycles. The van der Waals surface area contributed by atoms with Crippen LogP contribution >= 0.6 is 11.8 Å². The number of thioether (sulfide) groups is 1. The molecule has 154 valence electrons. The highest BCUT2D eigenvalue weighted by atomic mass is 32.2. The van der Waals surface area contributed by atoms with E-state index in [-0.39, 0.29) is 23.6 Å². The lowest BCUT2D eigenvalue weighted by Crippen LogP contribution is -2.29. The van der Waals surface area contributed by atoms with Crippen molar-refractivity contribution in [3.63, 3.8) is 0 Å². The Labute approximate surface area is 174 Å². The predicted molar refractivity (Wildman–Crippen MR) is 118 cm³/mol. The summed E-state index contributed by atoms with van der Waals surface area (Å²) in [7, 11) is 0. The number of nitrogens with one attached hydrogen (secondary N) is 1. The van der Waals surface area contributed by atoms with Gasteiger partial charge in [0.2, 0.25) is 5.91 Å². The van der Waals surface area contributed by atoms with E-state index >= 15 is 0 Å². The molecule has 0 saturated heterocycles. The Balaban J connectivity index is 1.91. The number of rotatable bonds is 7. The van der Waals surface area contributed by atoms with Gasteiger partial charge in [-0.1, -0.05) is 30.8 Å². The average Bonchev–Trinajstić information content (AvgIpc) is 3.16. The van der Waals surface area contributed by atoms with E-state index in [0.29, 0.717) is 21.9 Å². The van der Waals surface area contributed by atoms with Gasteiger partial charge < -0.3 is 5.32 Å². The Morgan fingerprint density at radius 3 is 2.59 bits per heavy atom. The van der Waals surface area contributed by atoms with Gasteiger partial charge in [-0.25, -0.2) is 9.67 Å². The number of hydrogen-bond acceptors (Lipinski definition) is 5. The molecule has 8 heteroatoms. The summed E-state index contributed by atoms with van der Waals surface area (Å²) in [6.07, 6.45) is 2.46. The first-order chi connectivity index (χ1) is 13.8. The lowest BCUT2D eigenvalue weighted by Gasteiger charge is -2.20. The highest BCUT2D eigenvalue weighted by Crippen LogP contribution is 2.26. The Kier molecular flexibility index (Phi) is 6.42. The molecule has 0 aliphatic heterocycles. The molecule has 3 aromatic rings. The standard InChI is InChI=1S/C21H27N5O2S/c1-6-14(4)25-20(28)16-9-7-8-10-17(16)23-21(25)29-15(5)19(27)24-18-11-12-22-26(18)13(2)3/h7-15H,6H2,1-5H3,(H,24,27)/t14-,15+/m0/s1. The Bertz CT molecular complexity index is 1070. The summed E-state index contributed by atoms with van der Waals surface area (Å²) < 4.78 is 3.47. The number of para-hydroxylation sites is 1. The summed E-state index contributed by atoms with van der Waals surface area (Å²) in [4.78, 5) is 30.6. The van der Waals surface area contributed by atoms with Gasteiger partial charge in [0, 0.05) is 18.2 Å². The van der Waals surface area contributed by atoms with Crippen LogP contribution in [0.2, 0.25) is 0 Å². The molecule has 1 aromatic carbocycles. The lowest BCUT2D eigenvalue weighted by atomic mass is 10.2. The summed E-state index contributed by atoms with van der Waals surface area (Å²) in [5.41, 5.74) is 0.572. The van der Waals surface area contributed by atoms with Crippen molar-refractivity contribution in [3.8, 4) is 0 Å². The summed E-state index contributed by atoms with van der Waals surface area (Å²) >= 11 is 1.30. The van der Waals surface area contributed by atoms with Crippen LogP contribution < -0.4 is 10.9 Å². The van der Waals surface area contributed by atoms with Crippen molar-refractivity contribution in [2.45, 2.75) is 63.5 Å². The number of anilines is 1. The fraction of sp³-hybridized carbons (Fsp3) is 0.429. The second-order valence-corrected chi connectivity index (χ2v) is 8.66. The SMILES string of the molecule is CC[C@H](C)n1c(S[C@H](C)C(=O)Nc2ccnn2C(C)C)nc2ccccc2c1=O. The zero-order valence-electron chi connectivity index (χ0n) is 17.4. The molecule has 3 rings (SSSR count). The van der Waals surface area contributed by atoms with Crippen LogP contribution in [0.15, 0.2) is 46.5 Å². The van der Waals surface area contributed by atoms with Crippen LogP contribution in [0.1, 0.15) is 53.1 Å². The van der Waals surface area contributed by atoms with Gasteiger partial charge in [-0.15, -0.1) is 0 Å². The molecular weight excluding hydrogens is 386 g/mol. The summed E-state index contributed by atoms with van der Waals surface area (Å²) in [6.45, 7) is 9.85. The molecule has 29 heavy (non-hydrogen) atoms. The molecule has 2 heterocycles. The maximum atomic E-state index is 13.1. The van der Waals surface area contributed by atoms with E-state index in [1.165, 1.54) is 11.8 Å². The maximum absolute atomic E-state index is 13.1. The first-order valence-corrected chi connectivity index (χ1v) is 10.7. The third-order valence-electron chi connectivity index (χ3n) is 4.87. The van der Waals surface area contributed by atoms with Crippen LogP contribution in [0.5, 0.6) is 0 Å². The summed E-state index contributed by atoms with van der Waals surface area (Å²) in [5.74, 6) is 0.499. The van der Waals surface area contributed by atoms with Crippen molar-refractivity contribution in [2.24, 2.45) is 0 Å². The van der Waals surface area contributed by atoms with E-state index in [2.05, 4.69) is 10.4 Å². The monoisotopic (exact) mass is 413 g/mol.